The first kappa shape index (κ1) is 18.3. The van der Waals surface area contributed by atoms with Crippen LogP contribution in [-0.2, 0) is 0 Å². The minimum Gasteiger partial charge on any atom is -0.391 e. The largest absolute Gasteiger partial charge is 0.391 e. The molecule has 0 saturated heterocycles. The van der Waals surface area contributed by atoms with Gasteiger partial charge < -0.3 is 5.11 Å². The van der Waals surface area contributed by atoms with Crippen LogP contribution >= 0.6 is 11.6 Å². The number of benzene rings is 2. The van der Waals surface area contributed by atoms with Crippen molar-refractivity contribution in [3.63, 3.8) is 0 Å². The van der Waals surface area contributed by atoms with Crippen molar-refractivity contribution in [1.82, 2.24) is 0 Å². The summed E-state index contributed by atoms with van der Waals surface area (Å²) in [5.41, 5.74) is 1.94. The third-order valence-corrected chi connectivity index (χ3v) is 4.37. The van der Waals surface area contributed by atoms with E-state index in [1.54, 1.807) is 36.4 Å². The van der Waals surface area contributed by atoms with E-state index < -0.39 is 6.10 Å². The van der Waals surface area contributed by atoms with E-state index in [4.69, 9.17) is 28.4 Å². The summed E-state index contributed by atoms with van der Waals surface area (Å²) >= 11 is 5.96. The second kappa shape index (κ2) is 8.18. The topological polar surface area (TPSA) is 63.9 Å². The van der Waals surface area contributed by atoms with Gasteiger partial charge in [0.2, 0.25) is 0 Å². The van der Waals surface area contributed by atoms with Crippen LogP contribution in [0.25, 0.3) is 0 Å². The number of hydrogen-bond donors (Lipinski definition) is 3. The molecule has 4 nitrogen and oxygen atoms in total. The highest BCUT2D eigenvalue weighted by molar-refractivity contribution is 6.30. The van der Waals surface area contributed by atoms with Crippen molar-refractivity contribution < 1.29 is 15.5 Å². The van der Waals surface area contributed by atoms with Crippen LogP contribution in [0, 0.1) is 18.3 Å². The molecule has 0 aliphatic heterocycles. The van der Waals surface area contributed by atoms with Crippen LogP contribution in [0.15, 0.2) is 48.5 Å². The predicted molar refractivity (Wildman–Crippen MR) is 94.4 cm³/mol. The number of terminal acetylenes is 1. The van der Waals surface area contributed by atoms with E-state index in [-0.39, 0.29) is 22.7 Å². The Morgan fingerprint density at radius 1 is 1.04 bits per heavy atom. The zero-order valence-electron chi connectivity index (χ0n) is 13.3. The van der Waals surface area contributed by atoms with E-state index in [9.17, 15) is 5.11 Å². The number of halogens is 1. The Hall–Kier alpha value is -2.03. The first-order chi connectivity index (χ1) is 11.5. The van der Waals surface area contributed by atoms with Gasteiger partial charge >= 0.3 is 0 Å². The summed E-state index contributed by atoms with van der Waals surface area (Å²) in [5, 5.41) is 29.6. The zero-order chi connectivity index (χ0) is 17.7. The lowest BCUT2D eigenvalue weighted by molar-refractivity contribution is 0.0291. The molecule has 2 aromatic carbocycles. The summed E-state index contributed by atoms with van der Waals surface area (Å²) in [6.07, 6.45) is 5.44. The highest BCUT2D eigenvalue weighted by atomic mass is 35.5. The summed E-state index contributed by atoms with van der Waals surface area (Å²) < 4.78 is 0. The van der Waals surface area contributed by atoms with Crippen LogP contribution in [0.4, 0.5) is 5.69 Å². The molecule has 0 aliphatic carbocycles. The fourth-order valence-electron chi connectivity index (χ4n) is 2.76. The molecular weight excluding hydrogens is 326 g/mol. The number of aliphatic hydroxyl groups is 1. The molecule has 0 amide bonds. The molecule has 3 N–H and O–H groups in total. The maximum atomic E-state index is 10.8. The van der Waals surface area contributed by atoms with Crippen molar-refractivity contribution in [3.8, 4) is 12.3 Å². The first-order valence-electron chi connectivity index (χ1n) is 7.65. The molecule has 0 radical (unpaired) electrons. The van der Waals surface area contributed by atoms with Gasteiger partial charge in [-0.25, -0.2) is 0 Å². The lowest BCUT2D eigenvalue weighted by Gasteiger charge is -2.28. The van der Waals surface area contributed by atoms with Crippen molar-refractivity contribution in [2.75, 3.05) is 5.23 Å². The number of aliphatic hydroxyl groups excluding tert-OH is 1. The van der Waals surface area contributed by atoms with Gasteiger partial charge in [0.05, 0.1) is 11.8 Å². The third kappa shape index (κ3) is 4.08. The Morgan fingerprint density at radius 2 is 1.54 bits per heavy atom. The monoisotopic (exact) mass is 345 g/mol. The van der Waals surface area contributed by atoms with Gasteiger partial charge in [-0.3, -0.25) is 10.4 Å². The van der Waals surface area contributed by atoms with Crippen molar-refractivity contribution in [2.45, 2.75) is 25.4 Å². The fourth-order valence-corrected chi connectivity index (χ4v) is 2.89. The van der Waals surface area contributed by atoms with Crippen LogP contribution in [0.2, 0.25) is 5.02 Å². The minimum absolute atomic E-state index is 0.0494. The molecule has 2 aromatic rings. The number of nitrogens with zero attached hydrogens (tertiary/aromatic N) is 1. The SMILES string of the molecule is C#CC(CC)C(O)C(c1ccc(Cl)cc1)c1ccc(N(O)O)cc1. The zero-order valence-corrected chi connectivity index (χ0v) is 14.1. The average Bonchev–Trinajstić information content (AvgIpc) is 2.58. The van der Waals surface area contributed by atoms with Gasteiger partial charge in [0.1, 0.15) is 0 Å². The Labute approximate surface area is 146 Å². The van der Waals surface area contributed by atoms with Crippen LogP contribution in [0.3, 0.4) is 0 Å². The highest BCUT2D eigenvalue weighted by Crippen LogP contribution is 2.34. The van der Waals surface area contributed by atoms with Crippen molar-refractivity contribution in [1.29, 1.82) is 0 Å². The van der Waals surface area contributed by atoms with Gasteiger partial charge in [-0.2, -0.15) is 0 Å². The quantitative estimate of drug-likeness (QED) is 0.545. The standard InChI is InChI=1S/C19H20ClNO3/c1-3-13(4-2)19(22)18(14-5-9-16(20)10-6-14)15-7-11-17(12-8-15)21(23)24/h1,5-13,18-19,22-24H,4H2,2H3. The first-order valence-corrected chi connectivity index (χ1v) is 8.03. The Balaban J connectivity index is 2.46. The molecular formula is C19H20ClNO3. The molecule has 2 rings (SSSR count). The number of hydrogen-bond acceptors (Lipinski definition) is 4. The van der Waals surface area contributed by atoms with E-state index in [0.29, 0.717) is 11.4 Å². The summed E-state index contributed by atoms with van der Waals surface area (Å²) in [4.78, 5) is 0. The smallest absolute Gasteiger partial charge is 0.0942 e. The van der Waals surface area contributed by atoms with Crippen LogP contribution in [0.1, 0.15) is 30.4 Å². The number of anilines is 1. The summed E-state index contributed by atoms with van der Waals surface area (Å²) in [6.45, 7) is 1.94. The molecule has 126 valence electrons. The van der Waals surface area contributed by atoms with Crippen molar-refractivity contribution in [3.05, 3.63) is 64.7 Å². The van der Waals surface area contributed by atoms with E-state index in [1.807, 2.05) is 19.1 Å². The van der Waals surface area contributed by atoms with Gasteiger partial charge in [-0.1, -0.05) is 42.8 Å². The summed E-state index contributed by atoms with van der Waals surface area (Å²) in [6, 6.07) is 13.8. The molecule has 0 fully saturated rings. The maximum Gasteiger partial charge on any atom is 0.0942 e. The summed E-state index contributed by atoms with van der Waals surface area (Å²) in [7, 11) is 0. The van der Waals surface area contributed by atoms with Crippen LogP contribution in [-0.4, -0.2) is 21.6 Å². The second-order valence-electron chi connectivity index (χ2n) is 5.58. The molecule has 0 aromatic heterocycles. The maximum absolute atomic E-state index is 10.8. The van der Waals surface area contributed by atoms with Crippen molar-refractivity contribution >= 4 is 17.3 Å². The predicted octanol–water partition coefficient (Wildman–Crippen LogP) is 4.08. The van der Waals surface area contributed by atoms with Gasteiger partial charge in [0, 0.05) is 16.9 Å². The molecule has 0 saturated carbocycles. The highest BCUT2D eigenvalue weighted by Gasteiger charge is 2.28. The molecule has 0 spiro atoms. The van der Waals surface area contributed by atoms with Gasteiger partial charge in [-0.15, -0.1) is 17.6 Å². The van der Waals surface area contributed by atoms with Crippen molar-refractivity contribution in [2.24, 2.45) is 5.92 Å². The van der Waals surface area contributed by atoms with Crippen LogP contribution in [0.5, 0.6) is 0 Å². The molecule has 5 heteroatoms. The van der Waals surface area contributed by atoms with Crippen LogP contribution < -0.4 is 5.23 Å². The van der Waals surface area contributed by atoms with E-state index in [0.717, 1.165) is 11.1 Å². The molecule has 0 heterocycles. The van der Waals surface area contributed by atoms with Gasteiger partial charge in [0.15, 0.2) is 0 Å². The molecule has 0 bridgehead atoms. The Bertz CT molecular complexity index is 692. The molecule has 24 heavy (non-hydrogen) atoms. The Kier molecular flexibility index (Phi) is 6.24. The normalized spacial score (nSPS) is 14.5. The molecule has 0 aliphatic rings. The lowest BCUT2D eigenvalue weighted by Crippen LogP contribution is -2.27. The second-order valence-corrected chi connectivity index (χ2v) is 6.02. The van der Waals surface area contributed by atoms with Gasteiger partial charge in [0.25, 0.3) is 0 Å². The van der Waals surface area contributed by atoms with E-state index in [2.05, 4.69) is 5.92 Å². The fraction of sp³-hybridized carbons (Fsp3) is 0.263. The van der Waals surface area contributed by atoms with E-state index in [1.165, 1.54) is 0 Å². The van der Waals surface area contributed by atoms with Gasteiger partial charge in [-0.05, 0) is 41.8 Å². The van der Waals surface area contributed by atoms with E-state index >= 15 is 0 Å². The number of rotatable bonds is 6. The molecule has 3 atom stereocenters. The molecule has 3 unspecified atom stereocenters. The Morgan fingerprint density at radius 3 is 1.96 bits per heavy atom. The lowest BCUT2D eigenvalue weighted by atomic mass is 9.80. The third-order valence-electron chi connectivity index (χ3n) is 4.12. The minimum atomic E-state index is -0.772. The summed E-state index contributed by atoms with van der Waals surface area (Å²) in [5.74, 6) is 2.01. The average molecular weight is 346 g/mol.